The number of halogens is 3. The molecule has 2 aromatic rings. The molecule has 1 saturated carbocycles. The third kappa shape index (κ3) is 5.74. The maximum Gasteiger partial charge on any atom is 0.490 e. The van der Waals surface area contributed by atoms with Crippen LogP contribution in [0.3, 0.4) is 0 Å². The molecule has 13 heteroatoms. The fourth-order valence-electron chi connectivity index (χ4n) is 4.56. The normalized spacial score (nSPS) is 20.1. The van der Waals surface area contributed by atoms with Crippen molar-refractivity contribution in [3.8, 4) is 0 Å². The summed E-state index contributed by atoms with van der Waals surface area (Å²) in [7, 11) is 0. The molecule has 0 unspecified atom stereocenters. The van der Waals surface area contributed by atoms with E-state index in [0.717, 1.165) is 57.7 Å². The first-order chi connectivity index (χ1) is 16.2. The average Bonchev–Trinajstić information content (AvgIpc) is 3.42. The van der Waals surface area contributed by atoms with Crippen LogP contribution in [0.5, 0.6) is 0 Å². The van der Waals surface area contributed by atoms with Gasteiger partial charge in [0.15, 0.2) is 0 Å². The van der Waals surface area contributed by atoms with Gasteiger partial charge in [0.05, 0.1) is 6.54 Å². The van der Waals surface area contributed by atoms with Crippen LogP contribution < -0.4 is 5.32 Å². The standard InChI is InChI=1S/C19H26N6OS.C2HF3O2/c26-18(21-14-2-1-3-14)17-23-22-15-4-5-19(13-25(15)17)6-9-24(10-7-19)12-16-20-8-11-27-16;3-2(4,5)1(6)7/h8,11,14H,1-7,9-10,12-13H2,(H,21,26);(H,6,7). The van der Waals surface area contributed by atoms with Crippen molar-refractivity contribution in [3.05, 3.63) is 28.2 Å². The topological polar surface area (TPSA) is 113 Å². The van der Waals surface area contributed by atoms with Gasteiger partial charge in [-0.2, -0.15) is 13.2 Å². The average molecular weight is 501 g/mol. The van der Waals surface area contributed by atoms with Crippen LogP contribution in [0.25, 0.3) is 0 Å². The molecule has 34 heavy (non-hydrogen) atoms. The van der Waals surface area contributed by atoms with Crippen molar-refractivity contribution in [2.45, 2.75) is 70.3 Å². The molecule has 0 bridgehead atoms. The van der Waals surface area contributed by atoms with Gasteiger partial charge in [0.1, 0.15) is 10.8 Å². The molecule has 1 saturated heterocycles. The molecule has 9 nitrogen and oxygen atoms in total. The van der Waals surface area contributed by atoms with Gasteiger partial charge in [0.2, 0.25) is 5.82 Å². The SMILES string of the molecule is O=C(NC1CCC1)c1nnc2n1CC1(CC2)CCN(Cc2nccs2)CC1.O=C(O)C(F)(F)F. The van der Waals surface area contributed by atoms with Gasteiger partial charge in [0, 0.05) is 30.6 Å². The number of nitrogens with zero attached hydrogens (tertiary/aromatic N) is 5. The minimum absolute atomic E-state index is 0.0447. The zero-order valence-corrected chi connectivity index (χ0v) is 19.4. The largest absolute Gasteiger partial charge is 0.490 e. The summed E-state index contributed by atoms with van der Waals surface area (Å²) in [6.45, 7) is 4.04. The van der Waals surface area contributed by atoms with Crippen molar-refractivity contribution < 1.29 is 27.9 Å². The molecule has 186 valence electrons. The molecule has 0 atom stereocenters. The highest BCUT2D eigenvalue weighted by atomic mass is 32.1. The summed E-state index contributed by atoms with van der Waals surface area (Å²) in [6, 6.07) is 0.331. The number of alkyl halides is 3. The summed E-state index contributed by atoms with van der Waals surface area (Å²) >= 11 is 1.73. The van der Waals surface area contributed by atoms with Gasteiger partial charge in [-0.25, -0.2) is 9.78 Å². The molecule has 2 fully saturated rings. The van der Waals surface area contributed by atoms with Gasteiger partial charge in [-0.1, -0.05) is 0 Å². The monoisotopic (exact) mass is 500 g/mol. The van der Waals surface area contributed by atoms with E-state index in [4.69, 9.17) is 9.90 Å². The lowest BCUT2D eigenvalue weighted by Gasteiger charge is -2.44. The highest BCUT2D eigenvalue weighted by Gasteiger charge is 2.40. The van der Waals surface area contributed by atoms with Crippen LogP contribution in [0, 0.1) is 5.41 Å². The fraction of sp³-hybridized carbons (Fsp3) is 0.667. The number of hydrogen-bond donors (Lipinski definition) is 2. The second kappa shape index (κ2) is 9.98. The van der Waals surface area contributed by atoms with E-state index in [2.05, 4.69) is 30.0 Å². The molecule has 3 aliphatic rings. The number of carbonyl (C=O) groups is 2. The van der Waals surface area contributed by atoms with Crippen LogP contribution in [0.1, 0.15) is 60.0 Å². The number of rotatable bonds is 4. The quantitative estimate of drug-likeness (QED) is 0.664. The van der Waals surface area contributed by atoms with Crippen LogP contribution in [0.2, 0.25) is 0 Å². The third-order valence-corrected chi connectivity index (χ3v) is 7.61. The van der Waals surface area contributed by atoms with Crippen molar-refractivity contribution in [2.75, 3.05) is 13.1 Å². The zero-order chi connectivity index (χ0) is 24.3. The molecule has 2 aromatic heterocycles. The Morgan fingerprint density at radius 2 is 1.91 bits per heavy atom. The Labute approximate surface area is 198 Å². The lowest BCUT2D eigenvalue weighted by Crippen LogP contribution is -2.45. The van der Waals surface area contributed by atoms with Gasteiger partial charge in [-0.3, -0.25) is 9.69 Å². The molecule has 0 radical (unpaired) electrons. The molecule has 5 rings (SSSR count). The minimum Gasteiger partial charge on any atom is -0.475 e. The molecular weight excluding hydrogens is 473 g/mol. The smallest absolute Gasteiger partial charge is 0.475 e. The molecule has 1 amide bonds. The highest BCUT2D eigenvalue weighted by molar-refractivity contribution is 7.09. The number of fused-ring (bicyclic) bond motifs is 1. The summed E-state index contributed by atoms with van der Waals surface area (Å²) in [4.78, 5) is 28.5. The number of aryl methyl sites for hydroxylation is 1. The lowest BCUT2D eigenvalue weighted by atomic mass is 9.73. The fourth-order valence-corrected chi connectivity index (χ4v) is 5.22. The first kappa shape index (κ1) is 24.6. The van der Waals surface area contributed by atoms with E-state index in [1.54, 1.807) is 11.3 Å². The Balaban J connectivity index is 0.000000344. The van der Waals surface area contributed by atoms with Gasteiger partial charge >= 0.3 is 12.1 Å². The number of hydrogen-bond acceptors (Lipinski definition) is 7. The second-order valence-corrected chi connectivity index (χ2v) is 10.1. The number of aliphatic carboxylic acids is 1. The summed E-state index contributed by atoms with van der Waals surface area (Å²) in [5.74, 6) is -1.31. The number of thiazole rings is 1. The summed E-state index contributed by atoms with van der Waals surface area (Å²) in [6.07, 6.45) is 4.60. The first-order valence-electron chi connectivity index (χ1n) is 11.3. The van der Waals surface area contributed by atoms with Crippen molar-refractivity contribution in [3.63, 3.8) is 0 Å². The molecule has 2 N–H and O–H groups in total. The van der Waals surface area contributed by atoms with Crippen molar-refractivity contribution in [1.29, 1.82) is 0 Å². The van der Waals surface area contributed by atoms with Crippen molar-refractivity contribution in [1.82, 2.24) is 30.0 Å². The Morgan fingerprint density at radius 3 is 2.47 bits per heavy atom. The summed E-state index contributed by atoms with van der Waals surface area (Å²) < 4.78 is 33.8. The molecule has 4 heterocycles. The number of carboxylic acids is 1. The molecular formula is C21H27F3N6O3S. The Morgan fingerprint density at radius 1 is 1.21 bits per heavy atom. The molecule has 1 spiro atoms. The van der Waals surface area contributed by atoms with E-state index in [9.17, 15) is 18.0 Å². The van der Waals surface area contributed by atoms with Gasteiger partial charge in [0.25, 0.3) is 5.91 Å². The van der Waals surface area contributed by atoms with E-state index in [0.29, 0.717) is 11.9 Å². The predicted molar refractivity (Wildman–Crippen MR) is 116 cm³/mol. The van der Waals surface area contributed by atoms with Crippen molar-refractivity contribution >= 4 is 23.2 Å². The Bertz CT molecular complexity index is 998. The van der Waals surface area contributed by atoms with Gasteiger partial charge < -0.3 is 15.0 Å². The Kier molecular flexibility index (Phi) is 7.22. The maximum absolute atomic E-state index is 12.6. The van der Waals surface area contributed by atoms with E-state index in [1.807, 2.05) is 11.6 Å². The molecule has 0 aromatic carbocycles. The maximum atomic E-state index is 12.6. The predicted octanol–water partition coefficient (Wildman–Crippen LogP) is 2.88. The van der Waals surface area contributed by atoms with Crippen LogP contribution >= 0.6 is 11.3 Å². The third-order valence-electron chi connectivity index (χ3n) is 6.84. The van der Waals surface area contributed by atoms with Crippen molar-refractivity contribution in [2.24, 2.45) is 5.41 Å². The molecule has 2 aliphatic heterocycles. The van der Waals surface area contributed by atoms with E-state index < -0.39 is 12.1 Å². The van der Waals surface area contributed by atoms with Gasteiger partial charge in [-0.05, 0) is 57.0 Å². The molecule has 1 aliphatic carbocycles. The van der Waals surface area contributed by atoms with E-state index in [-0.39, 0.29) is 11.3 Å². The number of piperidine rings is 1. The zero-order valence-electron chi connectivity index (χ0n) is 18.6. The Hall–Kier alpha value is -2.54. The number of carbonyl (C=O) groups excluding carboxylic acids is 1. The van der Waals surface area contributed by atoms with Gasteiger partial charge in [-0.15, -0.1) is 21.5 Å². The highest BCUT2D eigenvalue weighted by Crippen LogP contribution is 2.41. The van der Waals surface area contributed by atoms with E-state index in [1.165, 1.54) is 24.3 Å². The number of likely N-dealkylation sites (tertiary alicyclic amines) is 1. The minimum atomic E-state index is -5.08. The second-order valence-electron chi connectivity index (χ2n) is 9.13. The van der Waals surface area contributed by atoms with Crippen LogP contribution in [-0.4, -0.2) is 66.9 Å². The number of aromatic nitrogens is 4. The van der Waals surface area contributed by atoms with Crippen LogP contribution in [-0.2, 0) is 24.3 Å². The van der Waals surface area contributed by atoms with E-state index >= 15 is 0 Å². The number of carboxylic acid groups (broad SMARTS) is 1. The van der Waals surface area contributed by atoms with Crippen LogP contribution in [0.15, 0.2) is 11.6 Å². The lowest BCUT2D eigenvalue weighted by molar-refractivity contribution is -0.192. The first-order valence-corrected chi connectivity index (χ1v) is 12.2. The number of amides is 1. The number of nitrogens with one attached hydrogen (secondary N) is 1. The summed E-state index contributed by atoms with van der Waals surface area (Å²) in [5, 5.41) is 22.0. The van der Waals surface area contributed by atoms with Crippen LogP contribution in [0.4, 0.5) is 13.2 Å². The summed E-state index contributed by atoms with van der Waals surface area (Å²) in [5.41, 5.74) is 0.278.